The van der Waals surface area contributed by atoms with Crippen molar-refractivity contribution in [2.24, 2.45) is 0 Å². The summed E-state index contributed by atoms with van der Waals surface area (Å²) in [6, 6.07) is 16.4. The van der Waals surface area contributed by atoms with E-state index in [1.54, 1.807) is 18.5 Å². The zero-order valence-corrected chi connectivity index (χ0v) is 23.2. The standard InChI is InChI=1S/C31H37N3O4/c1-21-7-10-24(11-8-21)33(5)25-12-13-26-22(19-25)16-18-34(30(36)38-31(2,3)4)28(26)14-9-23-20-32-17-15-27(23)29(35)37-6/h7-8,10-13,15,17,19-20,28H,9,14,16,18H2,1-6H3/t28-/m0/s1. The number of esters is 1. The fourth-order valence-electron chi connectivity index (χ4n) is 4.90. The molecule has 0 radical (unpaired) electrons. The molecule has 1 aliphatic heterocycles. The number of hydrogen-bond donors (Lipinski definition) is 0. The van der Waals surface area contributed by atoms with Gasteiger partial charge in [-0.2, -0.15) is 0 Å². The molecule has 0 unspecified atom stereocenters. The van der Waals surface area contributed by atoms with E-state index in [1.807, 2.05) is 25.7 Å². The highest BCUT2D eigenvalue weighted by atomic mass is 16.6. The lowest BCUT2D eigenvalue weighted by molar-refractivity contribution is 0.0132. The second-order valence-corrected chi connectivity index (χ2v) is 10.8. The van der Waals surface area contributed by atoms with Crippen LogP contribution in [0.1, 0.15) is 65.8 Å². The van der Waals surface area contributed by atoms with Crippen molar-refractivity contribution in [2.75, 3.05) is 25.6 Å². The SMILES string of the molecule is COC(=O)c1ccncc1CC[C@H]1c2ccc(N(C)c3ccc(C)cc3)cc2CCN1C(=O)OC(C)(C)C. The first-order valence-corrected chi connectivity index (χ1v) is 13.0. The number of aryl methyl sites for hydroxylation is 2. The second-order valence-electron chi connectivity index (χ2n) is 10.8. The number of methoxy groups -OCH3 is 1. The Balaban J connectivity index is 1.65. The maximum atomic E-state index is 13.3. The van der Waals surface area contributed by atoms with Crippen LogP contribution < -0.4 is 4.90 Å². The molecule has 0 saturated carbocycles. The van der Waals surface area contributed by atoms with Crippen LogP contribution in [-0.4, -0.2) is 48.2 Å². The molecule has 2 heterocycles. The van der Waals surface area contributed by atoms with Crippen LogP contribution in [0.4, 0.5) is 16.2 Å². The van der Waals surface area contributed by atoms with Crippen LogP contribution in [0.15, 0.2) is 60.9 Å². The molecule has 1 aromatic heterocycles. The van der Waals surface area contributed by atoms with Crippen molar-refractivity contribution in [3.8, 4) is 0 Å². The van der Waals surface area contributed by atoms with Gasteiger partial charge in [0.05, 0.1) is 18.7 Å². The van der Waals surface area contributed by atoms with Crippen molar-refractivity contribution in [3.05, 3.63) is 88.7 Å². The van der Waals surface area contributed by atoms with Gasteiger partial charge in [-0.1, -0.05) is 23.8 Å². The van der Waals surface area contributed by atoms with E-state index in [2.05, 4.69) is 66.3 Å². The molecule has 4 rings (SSSR count). The van der Waals surface area contributed by atoms with Gasteiger partial charge in [0, 0.05) is 37.4 Å². The van der Waals surface area contributed by atoms with E-state index >= 15 is 0 Å². The number of anilines is 2. The van der Waals surface area contributed by atoms with E-state index in [9.17, 15) is 9.59 Å². The van der Waals surface area contributed by atoms with Gasteiger partial charge in [0.15, 0.2) is 0 Å². The third kappa shape index (κ3) is 6.15. The van der Waals surface area contributed by atoms with Crippen LogP contribution in [0.2, 0.25) is 0 Å². The summed E-state index contributed by atoms with van der Waals surface area (Å²) < 4.78 is 10.7. The first kappa shape index (κ1) is 27.2. The fourth-order valence-corrected chi connectivity index (χ4v) is 4.90. The highest BCUT2D eigenvalue weighted by Crippen LogP contribution is 2.37. The molecule has 0 fully saturated rings. The molecule has 2 aromatic carbocycles. The number of benzene rings is 2. The van der Waals surface area contributed by atoms with E-state index in [4.69, 9.17) is 9.47 Å². The normalized spacial score (nSPS) is 15.0. The van der Waals surface area contributed by atoms with Gasteiger partial charge in [-0.25, -0.2) is 9.59 Å². The van der Waals surface area contributed by atoms with Gasteiger partial charge in [0.1, 0.15) is 5.60 Å². The van der Waals surface area contributed by atoms with Crippen LogP contribution in [0.25, 0.3) is 0 Å². The van der Waals surface area contributed by atoms with Gasteiger partial charge >= 0.3 is 12.1 Å². The Morgan fingerprint density at radius 1 is 1.08 bits per heavy atom. The average molecular weight is 516 g/mol. The second kappa shape index (κ2) is 11.3. The van der Waals surface area contributed by atoms with Crippen LogP contribution in [0.5, 0.6) is 0 Å². The van der Waals surface area contributed by atoms with Crippen molar-refractivity contribution in [1.29, 1.82) is 0 Å². The summed E-state index contributed by atoms with van der Waals surface area (Å²) in [4.78, 5) is 33.8. The predicted molar refractivity (Wildman–Crippen MR) is 149 cm³/mol. The summed E-state index contributed by atoms with van der Waals surface area (Å²) in [5.41, 5.74) is 6.45. The molecular weight excluding hydrogens is 478 g/mol. The molecule has 0 spiro atoms. The van der Waals surface area contributed by atoms with E-state index in [0.29, 0.717) is 24.9 Å². The summed E-state index contributed by atoms with van der Waals surface area (Å²) in [5, 5.41) is 0. The topological polar surface area (TPSA) is 72.0 Å². The number of amides is 1. The van der Waals surface area contributed by atoms with Crippen LogP contribution in [0, 0.1) is 6.92 Å². The Bertz CT molecular complexity index is 1300. The summed E-state index contributed by atoms with van der Waals surface area (Å²) in [6.45, 7) is 8.27. The van der Waals surface area contributed by atoms with Crippen LogP contribution in [0.3, 0.4) is 0 Å². The highest BCUT2D eigenvalue weighted by molar-refractivity contribution is 5.90. The number of carbonyl (C=O) groups excluding carboxylic acids is 2. The summed E-state index contributed by atoms with van der Waals surface area (Å²) >= 11 is 0. The number of rotatable bonds is 6. The lowest BCUT2D eigenvalue weighted by atomic mass is 9.88. The van der Waals surface area contributed by atoms with Crippen molar-refractivity contribution in [3.63, 3.8) is 0 Å². The fraction of sp³-hybridized carbons (Fsp3) is 0.387. The van der Waals surface area contributed by atoms with Crippen LogP contribution >= 0.6 is 0 Å². The molecule has 7 nitrogen and oxygen atoms in total. The molecule has 0 N–H and O–H groups in total. The molecule has 0 saturated heterocycles. The van der Waals surface area contributed by atoms with Crippen molar-refractivity contribution in [1.82, 2.24) is 9.88 Å². The molecule has 0 aliphatic carbocycles. The lowest BCUT2D eigenvalue weighted by Gasteiger charge is -2.39. The van der Waals surface area contributed by atoms with Crippen molar-refractivity contribution < 1.29 is 19.1 Å². The highest BCUT2D eigenvalue weighted by Gasteiger charge is 2.34. The third-order valence-electron chi connectivity index (χ3n) is 6.92. The minimum Gasteiger partial charge on any atom is -0.465 e. The zero-order chi connectivity index (χ0) is 27.4. The van der Waals surface area contributed by atoms with Gasteiger partial charge in [-0.15, -0.1) is 0 Å². The summed E-state index contributed by atoms with van der Waals surface area (Å²) in [5.74, 6) is -0.390. The molecule has 1 amide bonds. The Morgan fingerprint density at radius 3 is 2.47 bits per heavy atom. The summed E-state index contributed by atoms with van der Waals surface area (Å²) in [6.07, 6.45) is 4.88. The summed E-state index contributed by atoms with van der Waals surface area (Å²) in [7, 11) is 3.44. The molecule has 7 heteroatoms. The number of ether oxygens (including phenoxy) is 2. The maximum Gasteiger partial charge on any atom is 0.410 e. The Kier molecular flexibility index (Phi) is 8.05. The number of carbonyl (C=O) groups is 2. The molecule has 1 aliphatic rings. The lowest BCUT2D eigenvalue weighted by Crippen LogP contribution is -2.43. The largest absolute Gasteiger partial charge is 0.465 e. The van der Waals surface area contributed by atoms with Crippen LogP contribution in [-0.2, 0) is 22.3 Å². The van der Waals surface area contributed by atoms with E-state index < -0.39 is 5.60 Å². The van der Waals surface area contributed by atoms with Gasteiger partial charge in [-0.3, -0.25) is 4.98 Å². The third-order valence-corrected chi connectivity index (χ3v) is 6.92. The zero-order valence-electron chi connectivity index (χ0n) is 23.2. The minimum atomic E-state index is -0.593. The monoisotopic (exact) mass is 515 g/mol. The van der Waals surface area contributed by atoms with Gasteiger partial charge in [0.2, 0.25) is 0 Å². The Hall–Kier alpha value is -3.87. The van der Waals surface area contributed by atoms with E-state index in [-0.39, 0.29) is 18.1 Å². The average Bonchev–Trinajstić information content (AvgIpc) is 2.90. The van der Waals surface area contributed by atoms with Crippen molar-refractivity contribution in [2.45, 2.75) is 58.6 Å². The van der Waals surface area contributed by atoms with Crippen molar-refractivity contribution >= 4 is 23.4 Å². The predicted octanol–water partition coefficient (Wildman–Crippen LogP) is 6.41. The molecule has 200 valence electrons. The number of hydrogen-bond acceptors (Lipinski definition) is 6. The number of aromatic nitrogens is 1. The molecule has 3 aromatic rings. The first-order valence-electron chi connectivity index (χ1n) is 13.0. The Morgan fingerprint density at radius 2 is 1.79 bits per heavy atom. The van der Waals surface area contributed by atoms with Gasteiger partial charge in [-0.05, 0) is 94.0 Å². The van der Waals surface area contributed by atoms with Gasteiger partial charge in [0.25, 0.3) is 0 Å². The van der Waals surface area contributed by atoms with E-state index in [1.165, 1.54) is 18.2 Å². The van der Waals surface area contributed by atoms with E-state index in [0.717, 1.165) is 28.9 Å². The molecular formula is C31H37N3O4. The maximum absolute atomic E-state index is 13.3. The minimum absolute atomic E-state index is 0.196. The number of fused-ring (bicyclic) bond motifs is 1. The molecule has 1 atom stereocenters. The Labute approximate surface area is 225 Å². The first-order chi connectivity index (χ1) is 18.1. The molecule has 0 bridgehead atoms. The number of pyridine rings is 1. The smallest absolute Gasteiger partial charge is 0.410 e. The quantitative estimate of drug-likeness (QED) is 0.353. The van der Waals surface area contributed by atoms with Gasteiger partial charge < -0.3 is 19.3 Å². The molecule has 38 heavy (non-hydrogen) atoms. The number of nitrogens with zero attached hydrogens (tertiary/aromatic N) is 3.